The Balaban J connectivity index is 1.62. The van der Waals surface area contributed by atoms with Gasteiger partial charge >= 0.3 is 0 Å². The smallest absolute Gasteiger partial charge is 0.247 e. The first-order valence-corrected chi connectivity index (χ1v) is 8.91. The number of amides is 1. The number of hydrogen-bond donors (Lipinski definition) is 0. The second-order valence-electron chi connectivity index (χ2n) is 6.06. The van der Waals surface area contributed by atoms with Gasteiger partial charge < -0.3 is 9.64 Å². The molecule has 0 unspecified atom stereocenters. The molecule has 3 aromatic rings. The molecule has 2 aromatic carbocycles. The summed E-state index contributed by atoms with van der Waals surface area (Å²) < 4.78 is 7.16. The third-order valence-corrected chi connectivity index (χ3v) is 4.34. The van der Waals surface area contributed by atoms with Gasteiger partial charge in [0.2, 0.25) is 5.91 Å². The number of benzene rings is 2. The van der Waals surface area contributed by atoms with Crippen molar-refractivity contribution in [3.8, 4) is 5.75 Å². The Hall–Kier alpha value is -2.93. The van der Waals surface area contributed by atoms with E-state index in [-0.39, 0.29) is 5.91 Å². The largest absolute Gasteiger partial charge is 0.492 e. The number of carbonyl (C=O) groups is 1. The van der Waals surface area contributed by atoms with Crippen molar-refractivity contribution >= 4 is 17.5 Å². The van der Waals surface area contributed by atoms with Crippen molar-refractivity contribution in [3.05, 3.63) is 71.5 Å². The minimum atomic E-state index is -0.515. The average Bonchev–Trinajstić information content (AvgIpc) is 3.21. The third-order valence-electron chi connectivity index (χ3n) is 4.11. The maximum atomic E-state index is 13.0. The summed E-state index contributed by atoms with van der Waals surface area (Å²) in [6, 6.07) is 16.4. The van der Waals surface area contributed by atoms with Crippen LogP contribution in [0.2, 0.25) is 5.02 Å². The number of nitrogens with zero attached hydrogens (tertiary/aromatic N) is 5. The van der Waals surface area contributed by atoms with E-state index < -0.39 is 6.04 Å². The molecule has 1 amide bonds. The van der Waals surface area contributed by atoms with Crippen LogP contribution in [0.25, 0.3) is 0 Å². The molecule has 0 aliphatic carbocycles. The van der Waals surface area contributed by atoms with Gasteiger partial charge in [-0.25, -0.2) is 4.68 Å². The Morgan fingerprint density at radius 1 is 1.22 bits per heavy atom. The maximum absolute atomic E-state index is 13.0. The van der Waals surface area contributed by atoms with E-state index in [1.807, 2.05) is 42.5 Å². The van der Waals surface area contributed by atoms with Gasteiger partial charge in [-0.15, -0.1) is 5.10 Å². The van der Waals surface area contributed by atoms with E-state index in [0.717, 1.165) is 5.56 Å². The van der Waals surface area contributed by atoms with E-state index >= 15 is 0 Å². The predicted molar refractivity (Wildman–Crippen MR) is 102 cm³/mol. The van der Waals surface area contributed by atoms with Crippen molar-refractivity contribution in [2.75, 3.05) is 20.2 Å². The lowest BCUT2D eigenvalue weighted by molar-refractivity contribution is -0.134. The normalized spacial score (nSPS) is 11.8. The molecule has 0 fully saturated rings. The summed E-state index contributed by atoms with van der Waals surface area (Å²) >= 11 is 5.95. The van der Waals surface area contributed by atoms with Crippen molar-refractivity contribution in [1.29, 1.82) is 0 Å². The van der Waals surface area contributed by atoms with E-state index in [2.05, 4.69) is 15.5 Å². The summed E-state index contributed by atoms with van der Waals surface area (Å²) in [4.78, 5) is 14.6. The zero-order chi connectivity index (χ0) is 19.1. The number of aromatic nitrogens is 4. The van der Waals surface area contributed by atoms with E-state index in [4.69, 9.17) is 16.3 Å². The molecule has 0 aliphatic rings. The lowest BCUT2D eigenvalue weighted by atomic mass is 10.1. The molecule has 0 radical (unpaired) electrons. The van der Waals surface area contributed by atoms with Crippen molar-refractivity contribution < 1.29 is 9.53 Å². The van der Waals surface area contributed by atoms with Crippen molar-refractivity contribution in [2.45, 2.75) is 12.5 Å². The molecule has 0 N–H and O–H groups in total. The fourth-order valence-electron chi connectivity index (χ4n) is 2.66. The Morgan fingerprint density at radius 2 is 2.04 bits per heavy atom. The van der Waals surface area contributed by atoms with Gasteiger partial charge in [0.1, 0.15) is 24.7 Å². The van der Waals surface area contributed by atoms with Crippen LogP contribution < -0.4 is 4.74 Å². The first-order chi connectivity index (χ1) is 13.1. The van der Waals surface area contributed by atoms with Crippen LogP contribution in [0.4, 0.5) is 0 Å². The van der Waals surface area contributed by atoms with Crippen molar-refractivity contribution in [2.24, 2.45) is 0 Å². The average molecular weight is 386 g/mol. The highest BCUT2D eigenvalue weighted by Gasteiger charge is 2.25. The van der Waals surface area contributed by atoms with Crippen molar-refractivity contribution in [1.82, 2.24) is 25.1 Å². The first-order valence-electron chi connectivity index (χ1n) is 8.53. The number of rotatable bonds is 8. The Kier molecular flexibility index (Phi) is 6.38. The highest BCUT2D eigenvalue weighted by Crippen LogP contribution is 2.18. The number of ether oxygens (including phenoxy) is 1. The fraction of sp³-hybridized carbons (Fsp3) is 0.263. The Bertz CT molecular complexity index is 858. The maximum Gasteiger partial charge on any atom is 0.247 e. The lowest BCUT2D eigenvalue weighted by Crippen LogP contribution is -2.38. The van der Waals surface area contributed by atoms with Gasteiger partial charge in [0, 0.05) is 18.5 Å². The third kappa shape index (κ3) is 5.27. The second kappa shape index (κ2) is 9.14. The molecule has 3 rings (SSSR count). The molecule has 140 valence electrons. The molecule has 0 saturated heterocycles. The molecule has 27 heavy (non-hydrogen) atoms. The van der Waals surface area contributed by atoms with Crippen LogP contribution >= 0.6 is 11.6 Å². The van der Waals surface area contributed by atoms with E-state index in [0.29, 0.717) is 30.3 Å². The summed E-state index contributed by atoms with van der Waals surface area (Å²) in [5.74, 6) is 0.588. The monoisotopic (exact) mass is 385 g/mol. The standard InChI is InChI=1S/C19H20ClN5O2/c1-24(10-11-27-17-9-5-8-16(20)13-17)19(26)18(25-14-21-22-23-25)12-15-6-3-2-4-7-15/h2-9,13-14,18H,10-12H2,1H3/t18-/m1/s1. The molecule has 1 heterocycles. The number of halogens is 1. The van der Waals surface area contributed by atoms with Crippen LogP contribution in [0, 0.1) is 0 Å². The SMILES string of the molecule is CN(CCOc1cccc(Cl)c1)C(=O)[C@@H](Cc1ccccc1)n1cnnn1. The molecule has 7 nitrogen and oxygen atoms in total. The predicted octanol–water partition coefficient (Wildman–Crippen LogP) is 2.65. The number of carbonyl (C=O) groups excluding carboxylic acids is 1. The zero-order valence-electron chi connectivity index (χ0n) is 14.9. The lowest BCUT2D eigenvalue weighted by Gasteiger charge is -2.23. The van der Waals surface area contributed by atoms with Gasteiger partial charge in [0.25, 0.3) is 0 Å². The molecule has 8 heteroatoms. The molecule has 0 saturated carbocycles. The molecular formula is C19H20ClN5O2. The minimum Gasteiger partial charge on any atom is -0.492 e. The van der Waals surface area contributed by atoms with Gasteiger partial charge in [-0.2, -0.15) is 0 Å². The van der Waals surface area contributed by atoms with Crippen LogP contribution in [-0.4, -0.2) is 51.2 Å². The number of tetrazole rings is 1. The topological polar surface area (TPSA) is 73.1 Å². The van der Waals surface area contributed by atoms with Crippen LogP contribution in [0.5, 0.6) is 5.75 Å². The Morgan fingerprint density at radius 3 is 2.74 bits per heavy atom. The molecule has 0 spiro atoms. The summed E-state index contributed by atoms with van der Waals surface area (Å²) in [5.41, 5.74) is 1.04. The second-order valence-corrected chi connectivity index (χ2v) is 6.50. The zero-order valence-corrected chi connectivity index (χ0v) is 15.7. The Labute approximate surface area is 162 Å². The summed E-state index contributed by atoms with van der Waals surface area (Å²) in [5, 5.41) is 11.8. The van der Waals surface area contributed by atoms with Crippen LogP contribution in [0.1, 0.15) is 11.6 Å². The number of hydrogen-bond acceptors (Lipinski definition) is 5. The van der Waals surface area contributed by atoms with Gasteiger partial charge in [-0.3, -0.25) is 4.79 Å². The van der Waals surface area contributed by atoms with E-state index in [1.165, 1.54) is 11.0 Å². The minimum absolute atomic E-state index is 0.0825. The first kappa shape index (κ1) is 18.8. The van der Waals surface area contributed by atoms with Gasteiger partial charge in [0.15, 0.2) is 0 Å². The van der Waals surface area contributed by atoms with Gasteiger partial charge in [-0.05, 0) is 34.2 Å². The molecule has 1 aromatic heterocycles. The van der Waals surface area contributed by atoms with E-state index in [9.17, 15) is 4.79 Å². The van der Waals surface area contributed by atoms with Crippen LogP contribution in [0.15, 0.2) is 60.9 Å². The summed E-state index contributed by atoms with van der Waals surface area (Å²) in [6.07, 6.45) is 1.96. The van der Waals surface area contributed by atoms with E-state index in [1.54, 1.807) is 24.1 Å². The van der Waals surface area contributed by atoms with Gasteiger partial charge in [-0.1, -0.05) is 48.0 Å². The molecule has 0 aliphatic heterocycles. The van der Waals surface area contributed by atoms with Crippen LogP contribution in [0.3, 0.4) is 0 Å². The summed E-state index contributed by atoms with van der Waals surface area (Å²) in [7, 11) is 1.74. The highest BCUT2D eigenvalue weighted by molar-refractivity contribution is 6.30. The highest BCUT2D eigenvalue weighted by atomic mass is 35.5. The molecule has 1 atom stereocenters. The van der Waals surface area contributed by atoms with Crippen molar-refractivity contribution in [3.63, 3.8) is 0 Å². The number of likely N-dealkylation sites (N-methyl/N-ethyl adjacent to an activating group) is 1. The quantitative estimate of drug-likeness (QED) is 0.596. The summed E-state index contributed by atoms with van der Waals surface area (Å²) in [6.45, 7) is 0.787. The molecule has 0 bridgehead atoms. The van der Waals surface area contributed by atoms with Crippen LogP contribution in [-0.2, 0) is 11.2 Å². The van der Waals surface area contributed by atoms with Gasteiger partial charge in [0.05, 0.1) is 6.54 Å². The fourth-order valence-corrected chi connectivity index (χ4v) is 2.84. The molecular weight excluding hydrogens is 366 g/mol.